The van der Waals surface area contributed by atoms with Crippen LogP contribution in [0, 0.1) is 0 Å². The topological polar surface area (TPSA) is 26.3 Å². The zero-order valence-corrected chi connectivity index (χ0v) is 9.54. The highest BCUT2D eigenvalue weighted by molar-refractivity contribution is 6.26. The Balaban J connectivity index is 2.28. The van der Waals surface area contributed by atoms with Crippen LogP contribution in [0.4, 0.5) is 0 Å². The number of benzene rings is 1. The monoisotopic (exact) mass is 226 g/mol. The maximum atomic E-state index is 10.9. The van der Waals surface area contributed by atoms with Crippen LogP contribution in [0.1, 0.15) is 18.9 Å². The lowest BCUT2D eigenvalue weighted by molar-refractivity contribution is -0.145. The van der Waals surface area contributed by atoms with Gasteiger partial charge in [-0.1, -0.05) is 30.3 Å². The molecule has 0 fully saturated rings. The number of esters is 1. The van der Waals surface area contributed by atoms with Gasteiger partial charge in [0, 0.05) is 0 Å². The van der Waals surface area contributed by atoms with Crippen LogP contribution in [0.25, 0.3) is 0 Å². The number of aryl methyl sites for hydroxylation is 1. The first kappa shape index (κ1) is 12.1. The summed E-state index contributed by atoms with van der Waals surface area (Å²) in [5.74, 6) is -0.424. The maximum absolute atomic E-state index is 10.9. The van der Waals surface area contributed by atoms with Crippen LogP contribution >= 0.6 is 11.6 Å². The van der Waals surface area contributed by atoms with Crippen molar-refractivity contribution in [3.05, 3.63) is 35.9 Å². The van der Waals surface area contributed by atoms with Crippen molar-refractivity contribution in [1.29, 1.82) is 0 Å². The predicted octanol–water partition coefficient (Wildman–Crippen LogP) is 2.79. The van der Waals surface area contributed by atoms with Gasteiger partial charge in [-0.3, -0.25) is 4.79 Å². The Labute approximate surface area is 95.2 Å². The third-order valence-corrected chi connectivity index (χ3v) is 2.34. The smallest absolute Gasteiger partial charge is 0.321 e. The van der Waals surface area contributed by atoms with Crippen LogP contribution < -0.4 is 0 Å². The predicted molar refractivity (Wildman–Crippen MR) is 61.0 cm³/mol. The van der Waals surface area contributed by atoms with E-state index in [-0.39, 0.29) is 18.0 Å². The van der Waals surface area contributed by atoms with Gasteiger partial charge in [-0.25, -0.2) is 0 Å². The van der Waals surface area contributed by atoms with Crippen LogP contribution in [0.3, 0.4) is 0 Å². The van der Waals surface area contributed by atoms with Crippen LogP contribution in [0.2, 0.25) is 0 Å². The molecule has 1 unspecified atom stereocenters. The summed E-state index contributed by atoms with van der Waals surface area (Å²) in [6.45, 7) is 1.88. The van der Waals surface area contributed by atoms with Crippen molar-refractivity contribution in [3.63, 3.8) is 0 Å². The van der Waals surface area contributed by atoms with Crippen molar-refractivity contribution < 1.29 is 9.53 Å². The van der Waals surface area contributed by atoms with Crippen molar-refractivity contribution >= 4 is 17.6 Å². The van der Waals surface area contributed by atoms with E-state index in [2.05, 4.69) is 12.1 Å². The van der Waals surface area contributed by atoms with Gasteiger partial charge in [-0.15, -0.1) is 11.6 Å². The Morgan fingerprint density at radius 2 is 2.07 bits per heavy atom. The van der Waals surface area contributed by atoms with E-state index in [9.17, 15) is 4.79 Å². The quantitative estimate of drug-likeness (QED) is 0.570. The Morgan fingerprint density at radius 3 is 2.67 bits per heavy atom. The van der Waals surface area contributed by atoms with Crippen molar-refractivity contribution in [2.45, 2.75) is 25.9 Å². The van der Waals surface area contributed by atoms with Gasteiger partial charge in [0.2, 0.25) is 0 Å². The Morgan fingerprint density at radius 1 is 1.40 bits per heavy atom. The SMILES string of the molecule is CC(CCc1ccccc1)OC(=O)CCl. The Bertz CT molecular complexity index is 298. The summed E-state index contributed by atoms with van der Waals surface area (Å²) in [6.07, 6.45) is 1.67. The molecule has 0 aliphatic carbocycles. The third-order valence-electron chi connectivity index (χ3n) is 2.12. The van der Waals surface area contributed by atoms with Crippen molar-refractivity contribution in [2.75, 3.05) is 5.88 Å². The Hall–Kier alpha value is -1.02. The average molecular weight is 227 g/mol. The number of halogens is 1. The molecule has 15 heavy (non-hydrogen) atoms. The highest BCUT2D eigenvalue weighted by Crippen LogP contribution is 2.07. The van der Waals surface area contributed by atoms with Crippen molar-refractivity contribution in [2.24, 2.45) is 0 Å². The fourth-order valence-electron chi connectivity index (χ4n) is 1.33. The standard InChI is InChI=1S/C12H15ClO2/c1-10(15-12(14)9-13)7-8-11-5-3-2-4-6-11/h2-6,10H,7-9H2,1H3. The molecule has 1 atom stereocenters. The van der Waals surface area contributed by atoms with E-state index in [0.717, 1.165) is 12.8 Å². The van der Waals surface area contributed by atoms with E-state index in [0.29, 0.717) is 0 Å². The van der Waals surface area contributed by atoms with Crippen LogP contribution in [-0.4, -0.2) is 18.0 Å². The van der Waals surface area contributed by atoms with Gasteiger partial charge >= 0.3 is 5.97 Å². The molecule has 82 valence electrons. The summed E-state index contributed by atoms with van der Waals surface area (Å²) in [5, 5.41) is 0. The summed E-state index contributed by atoms with van der Waals surface area (Å²) in [7, 11) is 0. The fraction of sp³-hybridized carbons (Fsp3) is 0.417. The minimum atomic E-state index is -0.350. The summed E-state index contributed by atoms with van der Waals surface area (Å²) in [4.78, 5) is 10.9. The fourth-order valence-corrected chi connectivity index (χ4v) is 1.39. The maximum Gasteiger partial charge on any atom is 0.321 e. The molecule has 1 rings (SSSR count). The number of ether oxygens (including phenoxy) is 1. The number of rotatable bonds is 5. The molecule has 0 spiro atoms. The number of alkyl halides is 1. The van der Waals surface area contributed by atoms with E-state index < -0.39 is 0 Å². The molecule has 2 nitrogen and oxygen atoms in total. The molecule has 0 bridgehead atoms. The second-order valence-corrected chi connectivity index (χ2v) is 3.73. The molecule has 0 saturated heterocycles. The molecular formula is C12H15ClO2. The molecule has 0 aromatic heterocycles. The van der Waals surface area contributed by atoms with E-state index >= 15 is 0 Å². The molecule has 1 aromatic carbocycles. The third kappa shape index (κ3) is 4.84. The first-order chi connectivity index (χ1) is 7.22. The lowest BCUT2D eigenvalue weighted by Crippen LogP contribution is -2.16. The highest BCUT2D eigenvalue weighted by Gasteiger charge is 2.07. The number of hydrogen-bond acceptors (Lipinski definition) is 2. The van der Waals surface area contributed by atoms with E-state index in [1.807, 2.05) is 25.1 Å². The largest absolute Gasteiger partial charge is 0.462 e. The van der Waals surface area contributed by atoms with Crippen molar-refractivity contribution in [1.82, 2.24) is 0 Å². The normalized spacial score (nSPS) is 12.1. The summed E-state index contributed by atoms with van der Waals surface area (Å²) in [6, 6.07) is 10.1. The molecular weight excluding hydrogens is 212 g/mol. The van der Waals surface area contributed by atoms with Crippen molar-refractivity contribution in [3.8, 4) is 0 Å². The van der Waals surface area contributed by atoms with Crippen LogP contribution in [-0.2, 0) is 16.0 Å². The number of carbonyl (C=O) groups excluding carboxylic acids is 1. The number of carbonyl (C=O) groups is 1. The van der Waals surface area contributed by atoms with Gasteiger partial charge in [0.05, 0.1) is 6.10 Å². The zero-order valence-electron chi connectivity index (χ0n) is 8.78. The number of hydrogen-bond donors (Lipinski definition) is 0. The van der Waals surface area contributed by atoms with E-state index in [1.54, 1.807) is 0 Å². The molecule has 1 aromatic rings. The summed E-state index contributed by atoms with van der Waals surface area (Å²) < 4.78 is 5.05. The first-order valence-electron chi connectivity index (χ1n) is 5.01. The minimum absolute atomic E-state index is 0.0727. The van der Waals surface area contributed by atoms with Crippen LogP contribution in [0.5, 0.6) is 0 Å². The van der Waals surface area contributed by atoms with Gasteiger partial charge in [0.15, 0.2) is 0 Å². The first-order valence-corrected chi connectivity index (χ1v) is 5.55. The summed E-state index contributed by atoms with van der Waals surface area (Å²) >= 11 is 5.34. The lowest BCUT2D eigenvalue weighted by atomic mass is 10.1. The van der Waals surface area contributed by atoms with Gasteiger partial charge < -0.3 is 4.74 Å². The molecule has 0 aliphatic heterocycles. The molecule has 0 radical (unpaired) electrons. The Kier molecular flexibility index (Phi) is 5.19. The molecule has 0 saturated carbocycles. The van der Waals surface area contributed by atoms with E-state index in [4.69, 9.17) is 16.3 Å². The minimum Gasteiger partial charge on any atom is -0.462 e. The van der Waals surface area contributed by atoms with Gasteiger partial charge in [0.1, 0.15) is 5.88 Å². The average Bonchev–Trinajstić information content (AvgIpc) is 2.27. The van der Waals surface area contributed by atoms with Crippen LogP contribution in [0.15, 0.2) is 30.3 Å². The van der Waals surface area contributed by atoms with Gasteiger partial charge in [0.25, 0.3) is 0 Å². The second-order valence-electron chi connectivity index (χ2n) is 3.46. The second kappa shape index (κ2) is 6.46. The van der Waals surface area contributed by atoms with E-state index in [1.165, 1.54) is 5.56 Å². The highest BCUT2D eigenvalue weighted by atomic mass is 35.5. The molecule has 0 heterocycles. The van der Waals surface area contributed by atoms with Gasteiger partial charge in [-0.05, 0) is 25.3 Å². The van der Waals surface area contributed by atoms with Gasteiger partial charge in [-0.2, -0.15) is 0 Å². The molecule has 3 heteroatoms. The lowest BCUT2D eigenvalue weighted by Gasteiger charge is -2.11. The molecule has 0 aliphatic rings. The molecule has 0 amide bonds. The summed E-state index contributed by atoms with van der Waals surface area (Å²) in [5.41, 5.74) is 1.26. The zero-order chi connectivity index (χ0) is 11.1. The molecule has 0 N–H and O–H groups in total.